The predicted molar refractivity (Wildman–Crippen MR) is 92.8 cm³/mol. The molecule has 0 atom stereocenters. The van der Waals surface area contributed by atoms with Gasteiger partial charge in [-0.25, -0.2) is 0 Å². The standard InChI is InChI=1S/C19H39NO/c1-5-6-9-18-10-13-19(14-11-18,16-20-17(2)3)12-7-8-15-21-4/h17-18,20H,5-16H2,1-4H3. The highest BCUT2D eigenvalue weighted by Gasteiger charge is 2.34. The Balaban J connectivity index is 2.42. The molecule has 0 aromatic carbocycles. The average molecular weight is 298 g/mol. The van der Waals surface area contributed by atoms with Gasteiger partial charge in [-0.05, 0) is 49.9 Å². The Morgan fingerprint density at radius 1 is 1.14 bits per heavy atom. The highest BCUT2D eigenvalue weighted by molar-refractivity contribution is 4.88. The molecule has 126 valence electrons. The summed E-state index contributed by atoms with van der Waals surface area (Å²) in [7, 11) is 1.81. The number of methoxy groups -OCH3 is 1. The van der Waals surface area contributed by atoms with E-state index in [1.807, 2.05) is 7.11 Å². The SMILES string of the molecule is CCCCC1CCC(CCCCOC)(CNC(C)C)CC1. The lowest BCUT2D eigenvalue weighted by Gasteiger charge is -2.41. The first-order chi connectivity index (χ1) is 10.1. The highest BCUT2D eigenvalue weighted by atomic mass is 16.5. The monoisotopic (exact) mass is 297 g/mol. The lowest BCUT2D eigenvalue weighted by Crippen LogP contribution is -2.40. The largest absolute Gasteiger partial charge is 0.385 e. The smallest absolute Gasteiger partial charge is 0.0462 e. The maximum atomic E-state index is 5.21. The van der Waals surface area contributed by atoms with Gasteiger partial charge < -0.3 is 10.1 Å². The zero-order valence-electron chi connectivity index (χ0n) is 15.0. The van der Waals surface area contributed by atoms with Gasteiger partial charge in [0.1, 0.15) is 0 Å². The van der Waals surface area contributed by atoms with E-state index in [2.05, 4.69) is 26.1 Å². The Labute approximate surface area is 133 Å². The minimum Gasteiger partial charge on any atom is -0.385 e. The summed E-state index contributed by atoms with van der Waals surface area (Å²) in [6.07, 6.45) is 14.0. The van der Waals surface area contributed by atoms with E-state index in [1.165, 1.54) is 70.8 Å². The summed E-state index contributed by atoms with van der Waals surface area (Å²) in [5.74, 6) is 1.01. The van der Waals surface area contributed by atoms with Crippen LogP contribution in [0.4, 0.5) is 0 Å². The lowest BCUT2D eigenvalue weighted by molar-refractivity contribution is 0.115. The first-order valence-electron chi connectivity index (χ1n) is 9.34. The van der Waals surface area contributed by atoms with Crippen molar-refractivity contribution in [3.63, 3.8) is 0 Å². The van der Waals surface area contributed by atoms with Crippen LogP contribution in [0, 0.1) is 11.3 Å². The first-order valence-corrected chi connectivity index (χ1v) is 9.34. The van der Waals surface area contributed by atoms with Crippen molar-refractivity contribution in [1.82, 2.24) is 5.32 Å². The third-order valence-electron chi connectivity index (χ3n) is 5.32. The predicted octanol–water partition coefficient (Wildman–Crippen LogP) is 5.17. The fourth-order valence-electron chi connectivity index (χ4n) is 3.75. The second-order valence-corrected chi connectivity index (χ2v) is 7.57. The minimum atomic E-state index is 0.570. The van der Waals surface area contributed by atoms with Crippen LogP contribution in [0.25, 0.3) is 0 Å². The van der Waals surface area contributed by atoms with Gasteiger partial charge in [0.2, 0.25) is 0 Å². The Kier molecular flexibility index (Phi) is 9.59. The second kappa shape index (κ2) is 10.6. The van der Waals surface area contributed by atoms with Crippen molar-refractivity contribution < 1.29 is 4.74 Å². The summed E-state index contributed by atoms with van der Waals surface area (Å²) in [6, 6.07) is 0.610. The topological polar surface area (TPSA) is 21.3 Å². The fraction of sp³-hybridized carbons (Fsp3) is 1.00. The molecule has 0 aliphatic heterocycles. The number of ether oxygens (including phenoxy) is 1. The average Bonchev–Trinajstić information content (AvgIpc) is 2.49. The molecule has 0 bridgehead atoms. The summed E-state index contributed by atoms with van der Waals surface area (Å²) >= 11 is 0. The van der Waals surface area contributed by atoms with Crippen molar-refractivity contribution in [2.45, 2.75) is 91.0 Å². The molecule has 0 saturated heterocycles. The zero-order valence-corrected chi connectivity index (χ0v) is 15.0. The van der Waals surface area contributed by atoms with Crippen LogP contribution in [0.2, 0.25) is 0 Å². The van der Waals surface area contributed by atoms with Gasteiger partial charge in [-0.15, -0.1) is 0 Å². The highest BCUT2D eigenvalue weighted by Crippen LogP contribution is 2.43. The minimum absolute atomic E-state index is 0.570. The van der Waals surface area contributed by atoms with Gasteiger partial charge >= 0.3 is 0 Å². The van der Waals surface area contributed by atoms with Crippen LogP contribution in [0.15, 0.2) is 0 Å². The van der Waals surface area contributed by atoms with Crippen LogP contribution in [-0.4, -0.2) is 26.3 Å². The molecule has 2 heteroatoms. The van der Waals surface area contributed by atoms with Gasteiger partial charge in [0, 0.05) is 26.3 Å². The van der Waals surface area contributed by atoms with Crippen molar-refractivity contribution in [3.05, 3.63) is 0 Å². The molecule has 1 aliphatic rings. The molecule has 1 N–H and O–H groups in total. The van der Waals surface area contributed by atoms with Gasteiger partial charge in [-0.3, -0.25) is 0 Å². The van der Waals surface area contributed by atoms with E-state index < -0.39 is 0 Å². The number of unbranched alkanes of at least 4 members (excludes halogenated alkanes) is 2. The lowest BCUT2D eigenvalue weighted by atomic mass is 9.67. The molecule has 2 nitrogen and oxygen atoms in total. The van der Waals surface area contributed by atoms with Crippen LogP contribution >= 0.6 is 0 Å². The molecule has 1 fully saturated rings. The van der Waals surface area contributed by atoms with Crippen molar-refractivity contribution in [2.24, 2.45) is 11.3 Å². The molecule has 0 unspecified atom stereocenters. The van der Waals surface area contributed by atoms with E-state index in [9.17, 15) is 0 Å². The summed E-state index contributed by atoms with van der Waals surface area (Å²) < 4.78 is 5.21. The molecule has 1 rings (SSSR count). The third kappa shape index (κ3) is 7.65. The number of hydrogen-bond donors (Lipinski definition) is 1. The maximum absolute atomic E-state index is 5.21. The summed E-state index contributed by atoms with van der Waals surface area (Å²) in [5.41, 5.74) is 0.570. The first kappa shape index (κ1) is 19.0. The van der Waals surface area contributed by atoms with E-state index in [-0.39, 0.29) is 0 Å². The van der Waals surface area contributed by atoms with Gasteiger partial charge in [0.15, 0.2) is 0 Å². The molecule has 21 heavy (non-hydrogen) atoms. The Morgan fingerprint density at radius 2 is 1.86 bits per heavy atom. The van der Waals surface area contributed by atoms with Gasteiger partial charge in [0.25, 0.3) is 0 Å². The van der Waals surface area contributed by atoms with Crippen molar-refractivity contribution in [2.75, 3.05) is 20.3 Å². The number of rotatable bonds is 11. The Bertz CT molecular complexity index is 244. The fourth-order valence-corrected chi connectivity index (χ4v) is 3.75. The normalized spacial score (nSPS) is 26.4. The molecule has 1 saturated carbocycles. The quantitative estimate of drug-likeness (QED) is 0.531. The van der Waals surface area contributed by atoms with Crippen LogP contribution in [0.5, 0.6) is 0 Å². The third-order valence-corrected chi connectivity index (χ3v) is 5.32. The van der Waals surface area contributed by atoms with E-state index in [0.29, 0.717) is 11.5 Å². The van der Waals surface area contributed by atoms with E-state index in [0.717, 1.165) is 12.5 Å². The number of nitrogens with one attached hydrogen (secondary N) is 1. The summed E-state index contributed by atoms with van der Waals surface area (Å²) in [4.78, 5) is 0. The molecule has 0 aromatic heterocycles. The number of hydrogen-bond acceptors (Lipinski definition) is 2. The Morgan fingerprint density at radius 3 is 2.43 bits per heavy atom. The van der Waals surface area contributed by atoms with Crippen molar-refractivity contribution in [3.8, 4) is 0 Å². The molecular weight excluding hydrogens is 258 g/mol. The van der Waals surface area contributed by atoms with Crippen LogP contribution in [-0.2, 0) is 4.74 Å². The maximum Gasteiger partial charge on any atom is 0.0462 e. The molecule has 1 aliphatic carbocycles. The summed E-state index contributed by atoms with van der Waals surface area (Å²) in [5, 5.41) is 3.72. The molecule has 0 amide bonds. The van der Waals surface area contributed by atoms with Crippen LogP contribution < -0.4 is 5.32 Å². The van der Waals surface area contributed by atoms with Gasteiger partial charge in [-0.2, -0.15) is 0 Å². The Hall–Kier alpha value is -0.0800. The summed E-state index contributed by atoms with van der Waals surface area (Å²) in [6.45, 7) is 9.00. The van der Waals surface area contributed by atoms with Gasteiger partial charge in [0.05, 0.1) is 0 Å². The van der Waals surface area contributed by atoms with E-state index >= 15 is 0 Å². The van der Waals surface area contributed by atoms with Crippen molar-refractivity contribution in [1.29, 1.82) is 0 Å². The molecule has 0 spiro atoms. The van der Waals surface area contributed by atoms with E-state index in [1.54, 1.807) is 0 Å². The molecule has 0 heterocycles. The van der Waals surface area contributed by atoms with Gasteiger partial charge in [-0.1, -0.05) is 46.5 Å². The molecule has 0 radical (unpaired) electrons. The molecular formula is C19H39NO. The zero-order chi connectivity index (χ0) is 15.6. The molecule has 0 aromatic rings. The second-order valence-electron chi connectivity index (χ2n) is 7.57. The van der Waals surface area contributed by atoms with Crippen LogP contribution in [0.1, 0.15) is 85.0 Å². The van der Waals surface area contributed by atoms with Crippen molar-refractivity contribution >= 4 is 0 Å². The van der Waals surface area contributed by atoms with E-state index in [4.69, 9.17) is 4.74 Å². The van der Waals surface area contributed by atoms with Crippen LogP contribution in [0.3, 0.4) is 0 Å².